The van der Waals surface area contributed by atoms with Gasteiger partial charge in [0.25, 0.3) is 0 Å². The number of benzene rings is 1. The van der Waals surface area contributed by atoms with E-state index in [1.54, 1.807) is 12.1 Å². The highest BCUT2D eigenvalue weighted by atomic mass is 16.4. The van der Waals surface area contributed by atoms with Crippen LogP contribution in [0.4, 0.5) is 5.69 Å². The molecule has 0 aliphatic heterocycles. The second-order valence-electron chi connectivity index (χ2n) is 4.35. The quantitative estimate of drug-likeness (QED) is 0.732. The number of carbonyl (C=O) groups is 2. The minimum atomic E-state index is -1.02. The van der Waals surface area contributed by atoms with Crippen molar-refractivity contribution in [3.05, 3.63) is 29.8 Å². The topological polar surface area (TPSA) is 92.4 Å². The highest BCUT2D eigenvalue weighted by Crippen LogP contribution is 2.30. The van der Waals surface area contributed by atoms with Crippen LogP contribution in [0.15, 0.2) is 24.3 Å². The summed E-state index contributed by atoms with van der Waals surface area (Å²) in [6.45, 7) is 0. The number of carbonyl (C=O) groups excluding carboxylic acids is 1. The Morgan fingerprint density at radius 3 is 2.59 bits per heavy atom. The van der Waals surface area contributed by atoms with E-state index in [9.17, 15) is 9.59 Å². The molecule has 1 saturated carbocycles. The first-order valence-electron chi connectivity index (χ1n) is 5.45. The molecule has 0 heterocycles. The Morgan fingerprint density at radius 2 is 2.06 bits per heavy atom. The summed E-state index contributed by atoms with van der Waals surface area (Å²) in [7, 11) is 0. The van der Waals surface area contributed by atoms with Gasteiger partial charge in [-0.1, -0.05) is 6.07 Å². The molecular formula is C12H14N2O3. The molecule has 1 amide bonds. The normalized spacial score (nSPS) is 17.0. The number of hydrogen-bond acceptors (Lipinski definition) is 3. The van der Waals surface area contributed by atoms with E-state index in [1.807, 2.05) is 0 Å². The van der Waals surface area contributed by atoms with E-state index >= 15 is 0 Å². The van der Waals surface area contributed by atoms with Gasteiger partial charge in [0, 0.05) is 5.69 Å². The number of rotatable bonds is 3. The molecular weight excluding hydrogens is 220 g/mol. The lowest BCUT2D eigenvalue weighted by Crippen LogP contribution is -2.56. The highest BCUT2D eigenvalue weighted by Gasteiger charge is 2.40. The van der Waals surface area contributed by atoms with Gasteiger partial charge in [-0.2, -0.15) is 0 Å². The molecule has 0 unspecified atom stereocenters. The molecule has 1 fully saturated rings. The van der Waals surface area contributed by atoms with Crippen molar-refractivity contribution in [3.8, 4) is 0 Å². The van der Waals surface area contributed by atoms with Gasteiger partial charge in [0.15, 0.2) is 0 Å². The number of nitrogens with one attached hydrogen (secondary N) is 1. The van der Waals surface area contributed by atoms with Crippen LogP contribution in [0.5, 0.6) is 0 Å². The Bertz CT molecular complexity index is 467. The minimum absolute atomic E-state index is 0.141. The summed E-state index contributed by atoms with van der Waals surface area (Å²) < 4.78 is 0. The molecule has 5 nitrogen and oxygen atoms in total. The van der Waals surface area contributed by atoms with Gasteiger partial charge < -0.3 is 16.2 Å². The molecule has 90 valence electrons. The summed E-state index contributed by atoms with van der Waals surface area (Å²) in [5.74, 6) is -1.27. The molecule has 0 radical (unpaired) electrons. The Kier molecular flexibility index (Phi) is 2.85. The highest BCUT2D eigenvalue weighted by molar-refractivity contribution is 5.99. The molecule has 0 saturated heterocycles. The summed E-state index contributed by atoms with van der Waals surface area (Å²) in [4.78, 5) is 22.6. The van der Waals surface area contributed by atoms with Crippen LogP contribution in [0.2, 0.25) is 0 Å². The number of anilines is 1. The van der Waals surface area contributed by atoms with E-state index in [-0.39, 0.29) is 11.5 Å². The van der Waals surface area contributed by atoms with E-state index in [0.717, 1.165) is 6.42 Å². The van der Waals surface area contributed by atoms with Crippen molar-refractivity contribution in [1.29, 1.82) is 0 Å². The summed E-state index contributed by atoms with van der Waals surface area (Å²) in [5.41, 5.74) is 5.69. The number of nitrogens with two attached hydrogens (primary N) is 1. The number of carboxylic acids is 1. The van der Waals surface area contributed by atoms with E-state index in [1.165, 1.54) is 12.1 Å². The molecule has 1 aromatic carbocycles. The smallest absolute Gasteiger partial charge is 0.335 e. The zero-order valence-electron chi connectivity index (χ0n) is 9.27. The largest absolute Gasteiger partial charge is 0.478 e. The second kappa shape index (κ2) is 4.18. The zero-order chi connectivity index (χ0) is 12.5. The molecule has 1 aromatic rings. The Hall–Kier alpha value is -1.88. The molecule has 0 bridgehead atoms. The first kappa shape index (κ1) is 11.6. The predicted molar refractivity (Wildman–Crippen MR) is 62.8 cm³/mol. The van der Waals surface area contributed by atoms with Crippen LogP contribution in [0.1, 0.15) is 29.6 Å². The fourth-order valence-electron chi connectivity index (χ4n) is 1.77. The van der Waals surface area contributed by atoms with Crippen LogP contribution in [-0.2, 0) is 4.79 Å². The van der Waals surface area contributed by atoms with Crippen molar-refractivity contribution in [2.75, 3.05) is 5.32 Å². The Labute approximate surface area is 98.6 Å². The number of carboxylic acid groups (broad SMARTS) is 1. The van der Waals surface area contributed by atoms with Gasteiger partial charge in [0.1, 0.15) is 0 Å². The monoisotopic (exact) mass is 234 g/mol. The van der Waals surface area contributed by atoms with Crippen molar-refractivity contribution in [1.82, 2.24) is 0 Å². The third kappa shape index (κ3) is 2.29. The molecule has 5 heteroatoms. The predicted octanol–water partition coefficient (Wildman–Crippen LogP) is 1.20. The summed E-state index contributed by atoms with van der Waals surface area (Å²) in [6.07, 6.45) is 2.31. The first-order valence-corrected chi connectivity index (χ1v) is 5.45. The molecule has 2 rings (SSSR count). The fraction of sp³-hybridized carbons (Fsp3) is 0.333. The lowest BCUT2D eigenvalue weighted by Gasteiger charge is -2.36. The lowest BCUT2D eigenvalue weighted by molar-refractivity contribution is -0.123. The van der Waals surface area contributed by atoms with E-state index < -0.39 is 11.5 Å². The van der Waals surface area contributed by atoms with E-state index in [0.29, 0.717) is 18.5 Å². The van der Waals surface area contributed by atoms with Gasteiger partial charge in [-0.25, -0.2) is 4.79 Å². The molecule has 17 heavy (non-hydrogen) atoms. The standard InChI is InChI=1S/C12H14N2O3/c13-12(5-2-6-12)11(17)14-9-4-1-3-8(7-9)10(15)16/h1,3-4,7H,2,5-6,13H2,(H,14,17)(H,15,16). The van der Waals surface area contributed by atoms with Crippen molar-refractivity contribution in [3.63, 3.8) is 0 Å². The average molecular weight is 234 g/mol. The van der Waals surface area contributed by atoms with Crippen molar-refractivity contribution in [2.45, 2.75) is 24.8 Å². The Balaban J connectivity index is 2.10. The van der Waals surface area contributed by atoms with Crippen LogP contribution in [0.3, 0.4) is 0 Å². The first-order chi connectivity index (χ1) is 8.01. The zero-order valence-corrected chi connectivity index (χ0v) is 9.27. The molecule has 0 atom stereocenters. The third-order valence-corrected chi connectivity index (χ3v) is 3.07. The lowest BCUT2D eigenvalue weighted by atomic mass is 9.77. The van der Waals surface area contributed by atoms with Gasteiger partial charge in [0.05, 0.1) is 11.1 Å². The van der Waals surface area contributed by atoms with Crippen LogP contribution >= 0.6 is 0 Å². The molecule has 4 N–H and O–H groups in total. The fourth-order valence-corrected chi connectivity index (χ4v) is 1.77. The van der Waals surface area contributed by atoms with Crippen molar-refractivity contribution in [2.24, 2.45) is 5.73 Å². The SMILES string of the molecule is NC1(C(=O)Nc2cccc(C(=O)O)c2)CCC1. The summed E-state index contributed by atoms with van der Waals surface area (Å²) in [6, 6.07) is 6.12. The number of hydrogen-bond donors (Lipinski definition) is 3. The van der Waals surface area contributed by atoms with Gasteiger partial charge >= 0.3 is 5.97 Å². The molecule has 0 spiro atoms. The third-order valence-electron chi connectivity index (χ3n) is 3.07. The minimum Gasteiger partial charge on any atom is -0.478 e. The van der Waals surface area contributed by atoms with Gasteiger partial charge in [-0.3, -0.25) is 4.79 Å². The van der Waals surface area contributed by atoms with Gasteiger partial charge in [-0.15, -0.1) is 0 Å². The van der Waals surface area contributed by atoms with Crippen LogP contribution < -0.4 is 11.1 Å². The summed E-state index contributed by atoms with van der Waals surface area (Å²) in [5, 5.41) is 11.5. The van der Waals surface area contributed by atoms with E-state index in [4.69, 9.17) is 10.8 Å². The maximum atomic E-state index is 11.8. The number of aromatic carboxylic acids is 1. The van der Waals surface area contributed by atoms with Crippen molar-refractivity contribution < 1.29 is 14.7 Å². The van der Waals surface area contributed by atoms with Gasteiger partial charge in [0.2, 0.25) is 5.91 Å². The van der Waals surface area contributed by atoms with Crippen LogP contribution in [-0.4, -0.2) is 22.5 Å². The molecule has 0 aromatic heterocycles. The van der Waals surface area contributed by atoms with Crippen molar-refractivity contribution >= 4 is 17.6 Å². The maximum absolute atomic E-state index is 11.8. The summed E-state index contributed by atoms with van der Waals surface area (Å²) >= 11 is 0. The molecule has 1 aliphatic rings. The maximum Gasteiger partial charge on any atom is 0.335 e. The Morgan fingerprint density at radius 1 is 1.35 bits per heavy atom. The molecule has 1 aliphatic carbocycles. The number of amides is 1. The van der Waals surface area contributed by atoms with Crippen LogP contribution in [0.25, 0.3) is 0 Å². The second-order valence-corrected chi connectivity index (χ2v) is 4.35. The van der Waals surface area contributed by atoms with E-state index in [2.05, 4.69) is 5.32 Å². The average Bonchev–Trinajstić information content (AvgIpc) is 2.26. The van der Waals surface area contributed by atoms with Gasteiger partial charge in [-0.05, 0) is 37.5 Å². The van der Waals surface area contributed by atoms with Crippen LogP contribution in [0, 0.1) is 0 Å².